The van der Waals surface area contributed by atoms with Crippen LogP contribution < -0.4 is 10.1 Å². The fourth-order valence-electron chi connectivity index (χ4n) is 3.81. The summed E-state index contributed by atoms with van der Waals surface area (Å²) in [5.74, 6) is -0.857. The van der Waals surface area contributed by atoms with E-state index in [9.17, 15) is 14.7 Å². The van der Waals surface area contributed by atoms with Crippen molar-refractivity contribution in [2.24, 2.45) is 10.2 Å². The van der Waals surface area contributed by atoms with Crippen molar-refractivity contribution >= 4 is 17.3 Å². The van der Waals surface area contributed by atoms with Crippen LogP contribution in [0.25, 0.3) is 5.69 Å². The van der Waals surface area contributed by atoms with Crippen LogP contribution in [-0.2, 0) is 4.74 Å². The van der Waals surface area contributed by atoms with E-state index in [1.54, 1.807) is 60.3 Å². The minimum Gasteiger partial charge on any atom is -0.493 e. The number of pyridine rings is 2. The number of nitrogens with one attached hydrogen (secondary N) is 1. The second-order valence-corrected chi connectivity index (χ2v) is 8.38. The highest BCUT2D eigenvalue weighted by Gasteiger charge is 2.22. The number of carbonyl (C=O) groups excluding carboxylic acids is 1. The zero-order valence-electron chi connectivity index (χ0n) is 20.4. The van der Waals surface area contributed by atoms with Crippen LogP contribution in [0, 0.1) is 6.92 Å². The molecule has 1 aromatic carbocycles. The fourth-order valence-corrected chi connectivity index (χ4v) is 3.81. The maximum absolute atomic E-state index is 12.6. The first-order valence-corrected chi connectivity index (χ1v) is 12.1. The number of esters is 1. The number of carbonyl (C=O) groups is 1. The van der Waals surface area contributed by atoms with Crippen molar-refractivity contribution in [3.63, 3.8) is 0 Å². The number of hydrogen-bond acceptors (Lipinski definition) is 6. The Balaban J connectivity index is 1.72. The van der Waals surface area contributed by atoms with E-state index in [1.807, 2.05) is 6.07 Å². The standard InChI is InChI=1S/C27H32N4O4/c1-3-4-5-6-7-8-14-19-35-27(34)21-15-10-11-16-22(21)29-30-23-20(2)24(26(33)28-25(23)32)31-17-12-9-13-18-31/h9-13,15-18H,3-8,14,19H2,1-2H3,(H-,28,29,32,33,34)/p+1. The molecule has 184 valence electrons. The fraction of sp³-hybridized carbons (Fsp3) is 0.370. The van der Waals surface area contributed by atoms with Gasteiger partial charge in [-0.15, -0.1) is 10.2 Å². The second-order valence-electron chi connectivity index (χ2n) is 8.38. The van der Waals surface area contributed by atoms with Crippen LogP contribution in [0.3, 0.4) is 0 Å². The zero-order chi connectivity index (χ0) is 25.0. The van der Waals surface area contributed by atoms with Crippen molar-refractivity contribution in [1.82, 2.24) is 4.98 Å². The third-order valence-electron chi connectivity index (χ3n) is 5.72. The molecule has 0 unspecified atom stereocenters. The Kier molecular flexibility index (Phi) is 9.71. The van der Waals surface area contributed by atoms with Crippen LogP contribution in [0.15, 0.2) is 69.9 Å². The summed E-state index contributed by atoms with van der Waals surface area (Å²) in [4.78, 5) is 27.5. The summed E-state index contributed by atoms with van der Waals surface area (Å²) in [5.41, 5.74) is 1.03. The number of azo groups is 1. The molecule has 0 fully saturated rings. The molecule has 3 rings (SSSR count). The Morgan fingerprint density at radius 2 is 1.66 bits per heavy atom. The number of benzene rings is 1. The maximum Gasteiger partial charge on any atom is 0.340 e. The number of aromatic hydroxyl groups is 1. The van der Waals surface area contributed by atoms with Gasteiger partial charge in [-0.05, 0) is 25.5 Å². The lowest BCUT2D eigenvalue weighted by molar-refractivity contribution is -0.597. The molecule has 0 radical (unpaired) electrons. The van der Waals surface area contributed by atoms with Crippen molar-refractivity contribution < 1.29 is 19.2 Å². The van der Waals surface area contributed by atoms with E-state index in [0.29, 0.717) is 29.1 Å². The number of H-pyrrole nitrogens is 1. The predicted molar refractivity (Wildman–Crippen MR) is 134 cm³/mol. The Labute approximate surface area is 205 Å². The molecule has 2 N–H and O–H groups in total. The van der Waals surface area contributed by atoms with Crippen molar-refractivity contribution in [2.75, 3.05) is 6.61 Å². The number of rotatable bonds is 12. The first kappa shape index (κ1) is 25.8. The van der Waals surface area contributed by atoms with Gasteiger partial charge < -0.3 is 9.84 Å². The maximum atomic E-state index is 12.6. The van der Waals surface area contributed by atoms with E-state index in [2.05, 4.69) is 22.1 Å². The van der Waals surface area contributed by atoms with E-state index in [-0.39, 0.29) is 5.69 Å². The average molecular weight is 478 g/mol. The largest absolute Gasteiger partial charge is 0.493 e. The predicted octanol–water partition coefficient (Wildman–Crippen LogP) is 5.99. The Morgan fingerprint density at radius 3 is 2.40 bits per heavy atom. The van der Waals surface area contributed by atoms with Crippen LogP contribution in [0.2, 0.25) is 0 Å². The normalized spacial score (nSPS) is 11.1. The molecule has 0 saturated heterocycles. The first-order chi connectivity index (χ1) is 17.0. The van der Waals surface area contributed by atoms with E-state index < -0.39 is 17.4 Å². The van der Waals surface area contributed by atoms with Gasteiger partial charge in [-0.3, -0.25) is 9.78 Å². The van der Waals surface area contributed by atoms with Gasteiger partial charge in [0.15, 0.2) is 18.1 Å². The first-order valence-electron chi connectivity index (χ1n) is 12.1. The van der Waals surface area contributed by atoms with Crippen molar-refractivity contribution in [1.29, 1.82) is 0 Å². The number of nitrogens with zero attached hydrogens (tertiary/aromatic N) is 3. The Morgan fingerprint density at radius 1 is 0.971 bits per heavy atom. The summed E-state index contributed by atoms with van der Waals surface area (Å²) >= 11 is 0. The van der Waals surface area contributed by atoms with Crippen LogP contribution >= 0.6 is 0 Å². The van der Waals surface area contributed by atoms with Crippen LogP contribution in [0.5, 0.6) is 5.88 Å². The van der Waals surface area contributed by atoms with Crippen molar-refractivity contribution in [3.8, 4) is 11.6 Å². The molecule has 0 bridgehead atoms. The van der Waals surface area contributed by atoms with Gasteiger partial charge in [0.1, 0.15) is 5.69 Å². The van der Waals surface area contributed by atoms with Gasteiger partial charge in [0.2, 0.25) is 5.88 Å². The smallest absolute Gasteiger partial charge is 0.340 e. The molecule has 0 spiro atoms. The summed E-state index contributed by atoms with van der Waals surface area (Å²) in [6.45, 7) is 4.24. The van der Waals surface area contributed by atoms with Crippen LogP contribution in [0.4, 0.5) is 11.4 Å². The molecule has 0 aliphatic rings. The van der Waals surface area contributed by atoms with Gasteiger partial charge in [-0.1, -0.05) is 63.6 Å². The van der Waals surface area contributed by atoms with E-state index in [1.165, 1.54) is 25.7 Å². The number of aromatic nitrogens is 2. The SMILES string of the molecule is CCCCCCCCCOC(=O)c1ccccc1N=Nc1c(O)[nH]c(=O)c(-[n+]2ccccc2)c1C. The van der Waals surface area contributed by atoms with E-state index in [4.69, 9.17) is 4.74 Å². The van der Waals surface area contributed by atoms with E-state index in [0.717, 1.165) is 19.3 Å². The molecule has 0 atom stereocenters. The van der Waals surface area contributed by atoms with Gasteiger partial charge in [0.25, 0.3) is 5.69 Å². The molecule has 2 heterocycles. The second kappa shape index (κ2) is 13.2. The lowest BCUT2D eigenvalue weighted by Crippen LogP contribution is -2.37. The van der Waals surface area contributed by atoms with Gasteiger partial charge in [0.05, 0.1) is 17.7 Å². The molecule has 2 aromatic heterocycles. The number of ether oxygens (including phenoxy) is 1. The summed E-state index contributed by atoms with van der Waals surface area (Å²) in [7, 11) is 0. The number of unbranched alkanes of at least 4 members (excludes halogenated alkanes) is 6. The minimum atomic E-state index is -0.464. The highest BCUT2D eigenvalue weighted by molar-refractivity contribution is 5.94. The van der Waals surface area contributed by atoms with Gasteiger partial charge in [0, 0.05) is 12.1 Å². The monoisotopic (exact) mass is 477 g/mol. The third-order valence-corrected chi connectivity index (χ3v) is 5.72. The molecule has 35 heavy (non-hydrogen) atoms. The number of hydrogen-bond donors (Lipinski definition) is 2. The minimum absolute atomic E-state index is 0.113. The van der Waals surface area contributed by atoms with Gasteiger partial charge in [-0.25, -0.2) is 4.79 Å². The van der Waals surface area contributed by atoms with Crippen molar-refractivity contribution in [2.45, 2.75) is 58.8 Å². The zero-order valence-corrected chi connectivity index (χ0v) is 20.4. The lowest BCUT2D eigenvalue weighted by Gasteiger charge is -2.07. The summed E-state index contributed by atoms with van der Waals surface area (Å²) in [5, 5.41) is 18.7. The van der Waals surface area contributed by atoms with E-state index >= 15 is 0 Å². The topological polar surface area (TPSA) is 108 Å². The Hall–Kier alpha value is -3.81. The van der Waals surface area contributed by atoms with Crippen LogP contribution in [-0.4, -0.2) is 22.7 Å². The van der Waals surface area contributed by atoms with Crippen molar-refractivity contribution in [3.05, 3.63) is 76.3 Å². The molecular weight excluding hydrogens is 444 g/mol. The summed E-state index contributed by atoms with van der Waals surface area (Å²) in [6.07, 6.45) is 11.4. The molecular formula is C27H33N4O4+. The summed E-state index contributed by atoms with van der Waals surface area (Å²) < 4.78 is 7.09. The average Bonchev–Trinajstić information content (AvgIpc) is 2.86. The molecule has 0 aliphatic carbocycles. The van der Waals surface area contributed by atoms with Gasteiger partial charge in [-0.2, -0.15) is 4.57 Å². The molecule has 0 aliphatic heterocycles. The highest BCUT2D eigenvalue weighted by atomic mass is 16.5. The number of aromatic amines is 1. The molecule has 0 saturated carbocycles. The molecule has 8 heteroatoms. The molecule has 3 aromatic rings. The Bertz CT molecular complexity index is 1210. The van der Waals surface area contributed by atoms with Crippen LogP contribution in [0.1, 0.15) is 67.8 Å². The molecule has 8 nitrogen and oxygen atoms in total. The highest BCUT2D eigenvalue weighted by Crippen LogP contribution is 2.31. The van der Waals surface area contributed by atoms with Gasteiger partial charge >= 0.3 is 11.5 Å². The lowest BCUT2D eigenvalue weighted by atomic mass is 10.1. The third kappa shape index (κ3) is 7.09. The quantitative estimate of drug-likeness (QED) is 0.145. The summed E-state index contributed by atoms with van der Waals surface area (Å²) in [6, 6.07) is 12.2. The molecule has 0 amide bonds.